The average molecular weight is 242 g/mol. The molecule has 0 saturated carbocycles. The summed E-state index contributed by atoms with van der Waals surface area (Å²) in [6.45, 7) is 0. The van der Waals surface area contributed by atoms with Gasteiger partial charge in [-0.15, -0.1) is 12.4 Å². The van der Waals surface area contributed by atoms with Gasteiger partial charge >= 0.3 is 0 Å². The SMILES string of the molecule is CNc1ccc(-c2ncc(F)n2C)cc1.Cl. The molecular weight excluding hydrogens is 229 g/mol. The molecule has 0 aliphatic carbocycles. The van der Waals surface area contributed by atoms with Crippen molar-refractivity contribution >= 4 is 18.1 Å². The fraction of sp³-hybridized carbons (Fsp3) is 0.182. The molecule has 0 aliphatic rings. The molecular formula is C11H13ClFN3. The van der Waals surface area contributed by atoms with Gasteiger partial charge in [-0.1, -0.05) is 0 Å². The fourth-order valence-corrected chi connectivity index (χ4v) is 1.44. The number of imidazole rings is 1. The summed E-state index contributed by atoms with van der Waals surface area (Å²) >= 11 is 0. The lowest BCUT2D eigenvalue weighted by Crippen LogP contribution is -1.95. The molecule has 0 saturated heterocycles. The Morgan fingerprint density at radius 3 is 2.31 bits per heavy atom. The number of halogens is 2. The normalized spacial score (nSPS) is 9.69. The van der Waals surface area contributed by atoms with Crippen molar-refractivity contribution in [3.05, 3.63) is 36.4 Å². The van der Waals surface area contributed by atoms with Gasteiger partial charge < -0.3 is 9.88 Å². The van der Waals surface area contributed by atoms with Crippen molar-refractivity contribution in [2.24, 2.45) is 7.05 Å². The summed E-state index contributed by atoms with van der Waals surface area (Å²) in [7, 11) is 3.51. The lowest BCUT2D eigenvalue weighted by Gasteiger charge is -2.03. The second-order valence-corrected chi connectivity index (χ2v) is 3.29. The van der Waals surface area contributed by atoms with Crippen molar-refractivity contribution in [3.8, 4) is 11.4 Å². The molecule has 2 aromatic rings. The van der Waals surface area contributed by atoms with Gasteiger partial charge in [-0.05, 0) is 24.3 Å². The number of rotatable bonds is 2. The summed E-state index contributed by atoms with van der Waals surface area (Å²) in [6.07, 6.45) is 1.22. The van der Waals surface area contributed by atoms with E-state index in [9.17, 15) is 4.39 Å². The number of hydrogen-bond acceptors (Lipinski definition) is 2. The quantitative estimate of drug-likeness (QED) is 0.876. The highest BCUT2D eigenvalue weighted by molar-refractivity contribution is 5.85. The third-order valence-corrected chi connectivity index (χ3v) is 2.36. The Bertz CT molecular complexity index is 465. The Balaban J connectivity index is 0.00000128. The molecule has 16 heavy (non-hydrogen) atoms. The van der Waals surface area contributed by atoms with Gasteiger partial charge in [0.05, 0.1) is 6.20 Å². The molecule has 1 aromatic heterocycles. The maximum atomic E-state index is 13.1. The van der Waals surface area contributed by atoms with Crippen molar-refractivity contribution in [2.75, 3.05) is 12.4 Å². The van der Waals surface area contributed by atoms with E-state index in [0.29, 0.717) is 5.82 Å². The van der Waals surface area contributed by atoms with Crippen LogP contribution in [0.2, 0.25) is 0 Å². The summed E-state index contributed by atoms with van der Waals surface area (Å²) in [5.74, 6) is 0.304. The molecule has 2 rings (SSSR count). The standard InChI is InChI=1S/C11H12FN3.ClH/c1-13-9-5-3-8(4-6-9)11-14-7-10(12)15(11)2;/h3-7,13H,1-2H3;1H. The van der Waals surface area contributed by atoms with Crippen LogP contribution in [0.1, 0.15) is 0 Å². The molecule has 3 nitrogen and oxygen atoms in total. The largest absolute Gasteiger partial charge is 0.388 e. The number of hydrogen-bond donors (Lipinski definition) is 1. The van der Waals surface area contributed by atoms with Gasteiger partial charge in [0, 0.05) is 25.3 Å². The van der Waals surface area contributed by atoms with Crippen LogP contribution in [0.25, 0.3) is 11.4 Å². The first-order valence-corrected chi connectivity index (χ1v) is 4.68. The van der Waals surface area contributed by atoms with Gasteiger partial charge in [-0.2, -0.15) is 4.39 Å². The van der Waals surface area contributed by atoms with Gasteiger partial charge in [-0.3, -0.25) is 0 Å². The maximum absolute atomic E-state index is 13.1. The molecule has 0 spiro atoms. The van der Waals surface area contributed by atoms with Gasteiger partial charge in [0.25, 0.3) is 0 Å². The Morgan fingerprint density at radius 2 is 1.88 bits per heavy atom. The second kappa shape index (κ2) is 4.99. The monoisotopic (exact) mass is 241 g/mol. The minimum absolute atomic E-state index is 0. The number of anilines is 1. The molecule has 1 heterocycles. The highest BCUT2D eigenvalue weighted by Crippen LogP contribution is 2.19. The van der Waals surface area contributed by atoms with E-state index in [4.69, 9.17) is 0 Å². The molecule has 5 heteroatoms. The van der Waals surface area contributed by atoms with Crippen molar-refractivity contribution in [1.82, 2.24) is 9.55 Å². The highest BCUT2D eigenvalue weighted by Gasteiger charge is 2.07. The Kier molecular flexibility index (Phi) is 3.90. The molecule has 0 amide bonds. The number of nitrogens with zero attached hydrogens (tertiary/aromatic N) is 2. The summed E-state index contributed by atoms with van der Waals surface area (Å²) in [6, 6.07) is 7.69. The van der Waals surface area contributed by atoms with E-state index in [2.05, 4.69) is 10.3 Å². The van der Waals surface area contributed by atoms with E-state index >= 15 is 0 Å². The molecule has 0 fully saturated rings. The van der Waals surface area contributed by atoms with Crippen LogP contribution in [0, 0.1) is 5.95 Å². The number of nitrogens with one attached hydrogen (secondary N) is 1. The third kappa shape index (κ3) is 2.17. The molecule has 1 N–H and O–H groups in total. The first-order chi connectivity index (χ1) is 7.22. The third-order valence-electron chi connectivity index (χ3n) is 2.36. The molecule has 0 aliphatic heterocycles. The summed E-state index contributed by atoms with van der Waals surface area (Å²) in [5.41, 5.74) is 1.92. The van der Waals surface area contributed by atoms with Crippen LogP contribution in [-0.4, -0.2) is 16.6 Å². The molecule has 0 unspecified atom stereocenters. The molecule has 0 radical (unpaired) electrons. The minimum atomic E-state index is -0.331. The zero-order chi connectivity index (χ0) is 10.8. The molecule has 1 aromatic carbocycles. The van der Waals surface area contributed by atoms with Crippen LogP contribution in [0.15, 0.2) is 30.5 Å². The van der Waals surface area contributed by atoms with Gasteiger partial charge in [-0.25, -0.2) is 4.98 Å². The number of benzene rings is 1. The predicted octanol–water partition coefficient (Wildman–Crippen LogP) is 2.69. The zero-order valence-corrected chi connectivity index (χ0v) is 9.88. The van der Waals surface area contributed by atoms with E-state index < -0.39 is 0 Å². The van der Waals surface area contributed by atoms with E-state index in [1.807, 2.05) is 31.3 Å². The average Bonchev–Trinajstić information content (AvgIpc) is 2.60. The summed E-state index contributed by atoms with van der Waals surface area (Å²) in [5, 5.41) is 3.02. The Labute approximate surface area is 99.7 Å². The molecule has 86 valence electrons. The van der Waals surface area contributed by atoms with E-state index in [1.54, 1.807) is 7.05 Å². The van der Waals surface area contributed by atoms with Gasteiger partial charge in [0.1, 0.15) is 5.82 Å². The fourth-order valence-electron chi connectivity index (χ4n) is 1.44. The second-order valence-electron chi connectivity index (χ2n) is 3.29. The summed E-state index contributed by atoms with van der Waals surface area (Å²) < 4.78 is 14.5. The number of aromatic nitrogens is 2. The smallest absolute Gasteiger partial charge is 0.213 e. The predicted molar refractivity (Wildman–Crippen MR) is 65.4 cm³/mol. The van der Waals surface area contributed by atoms with Crippen LogP contribution in [-0.2, 0) is 7.05 Å². The first-order valence-electron chi connectivity index (χ1n) is 4.68. The van der Waals surface area contributed by atoms with E-state index in [1.165, 1.54) is 10.8 Å². The van der Waals surface area contributed by atoms with Crippen LogP contribution in [0.3, 0.4) is 0 Å². The van der Waals surface area contributed by atoms with Crippen molar-refractivity contribution in [3.63, 3.8) is 0 Å². The van der Waals surface area contributed by atoms with Crippen molar-refractivity contribution < 1.29 is 4.39 Å². The maximum Gasteiger partial charge on any atom is 0.213 e. The van der Waals surface area contributed by atoms with Gasteiger partial charge in [0.2, 0.25) is 5.95 Å². The van der Waals surface area contributed by atoms with E-state index in [-0.39, 0.29) is 18.4 Å². The topological polar surface area (TPSA) is 29.9 Å². The minimum Gasteiger partial charge on any atom is -0.388 e. The molecule has 0 atom stereocenters. The highest BCUT2D eigenvalue weighted by atomic mass is 35.5. The van der Waals surface area contributed by atoms with Crippen LogP contribution >= 0.6 is 12.4 Å². The first kappa shape index (κ1) is 12.5. The van der Waals surface area contributed by atoms with Crippen LogP contribution in [0.4, 0.5) is 10.1 Å². The van der Waals surface area contributed by atoms with Crippen molar-refractivity contribution in [2.45, 2.75) is 0 Å². The Hall–Kier alpha value is -1.55. The lowest BCUT2D eigenvalue weighted by atomic mass is 10.2. The van der Waals surface area contributed by atoms with Crippen LogP contribution < -0.4 is 5.32 Å². The zero-order valence-electron chi connectivity index (χ0n) is 9.07. The Morgan fingerprint density at radius 1 is 1.25 bits per heavy atom. The van der Waals surface area contributed by atoms with E-state index in [0.717, 1.165) is 11.3 Å². The summed E-state index contributed by atoms with van der Waals surface area (Å²) in [4.78, 5) is 4.01. The van der Waals surface area contributed by atoms with Crippen LogP contribution in [0.5, 0.6) is 0 Å². The van der Waals surface area contributed by atoms with Crippen molar-refractivity contribution in [1.29, 1.82) is 0 Å². The molecule has 0 bridgehead atoms. The van der Waals surface area contributed by atoms with Gasteiger partial charge in [0.15, 0.2) is 0 Å². The lowest BCUT2D eigenvalue weighted by molar-refractivity contribution is 0.537.